The third kappa shape index (κ3) is 4.62. The average Bonchev–Trinajstić information content (AvgIpc) is 2.40. The second-order valence-electron chi connectivity index (χ2n) is 4.41. The van der Waals surface area contributed by atoms with Gasteiger partial charge in [-0.1, -0.05) is 0 Å². The first kappa shape index (κ1) is 16.7. The maximum atomic E-state index is 9.78. The number of aliphatic hydroxyl groups excluding tert-OH is 5. The summed E-state index contributed by atoms with van der Waals surface area (Å²) in [7, 11) is 0. The molecule has 1 aliphatic rings. The molecule has 0 bridgehead atoms. The van der Waals surface area contributed by atoms with Crippen LogP contribution in [-0.2, 0) is 9.47 Å². The van der Waals surface area contributed by atoms with Gasteiger partial charge in [-0.2, -0.15) is 0 Å². The molecule has 114 valence electrons. The van der Waals surface area contributed by atoms with Crippen LogP contribution in [0.5, 0.6) is 0 Å². The van der Waals surface area contributed by atoms with Gasteiger partial charge in [0, 0.05) is 13.2 Å². The van der Waals surface area contributed by atoms with E-state index in [-0.39, 0.29) is 0 Å². The summed E-state index contributed by atoms with van der Waals surface area (Å²) in [6.07, 6.45) is -8.16. The minimum absolute atomic E-state index is 0.419. The van der Waals surface area contributed by atoms with Crippen LogP contribution in [0.4, 0.5) is 0 Å². The third-order valence-electron chi connectivity index (χ3n) is 2.96. The molecule has 6 atom stereocenters. The minimum Gasteiger partial charge on any atom is -0.387 e. The standard InChI is InChI=1S/C11H23NO7/c1-2-18-5-3-4-12-10(16)9-7(14)6(13)8(15)11(17)19-9/h6-17H,2-5H2,1H3/t6-,7+,8+,9-,10?,11-/m0/s1. The number of hydrogen-bond acceptors (Lipinski definition) is 8. The molecule has 8 heteroatoms. The van der Waals surface area contributed by atoms with Crippen molar-refractivity contribution in [1.29, 1.82) is 0 Å². The Bertz CT molecular complexity index is 255. The molecule has 0 aromatic carbocycles. The zero-order valence-corrected chi connectivity index (χ0v) is 10.8. The van der Waals surface area contributed by atoms with Crippen LogP contribution in [-0.4, -0.2) is 82.2 Å². The molecule has 19 heavy (non-hydrogen) atoms. The van der Waals surface area contributed by atoms with Crippen LogP contribution in [0.3, 0.4) is 0 Å². The number of aliphatic hydroxyl groups is 5. The van der Waals surface area contributed by atoms with Crippen LogP contribution >= 0.6 is 0 Å². The van der Waals surface area contributed by atoms with Crippen LogP contribution in [0.2, 0.25) is 0 Å². The lowest BCUT2D eigenvalue weighted by atomic mass is 9.98. The normalized spacial score (nSPS) is 37.3. The smallest absolute Gasteiger partial charge is 0.184 e. The van der Waals surface area contributed by atoms with Gasteiger partial charge in [0.05, 0.1) is 0 Å². The topological polar surface area (TPSA) is 132 Å². The zero-order valence-electron chi connectivity index (χ0n) is 10.8. The summed E-state index contributed by atoms with van der Waals surface area (Å²) in [5.41, 5.74) is 0. The highest BCUT2D eigenvalue weighted by Crippen LogP contribution is 2.21. The molecule has 0 amide bonds. The molecule has 0 spiro atoms. The van der Waals surface area contributed by atoms with Gasteiger partial charge in [-0.05, 0) is 19.9 Å². The SMILES string of the molecule is CCOCCCNC(O)[C@H]1O[C@H](O)[C@H](O)[C@@H](O)[C@H]1O. The van der Waals surface area contributed by atoms with Crippen molar-refractivity contribution < 1.29 is 35.0 Å². The van der Waals surface area contributed by atoms with Gasteiger partial charge in [-0.3, -0.25) is 5.32 Å². The van der Waals surface area contributed by atoms with Crippen molar-refractivity contribution in [3.05, 3.63) is 0 Å². The van der Waals surface area contributed by atoms with Gasteiger partial charge in [0.2, 0.25) is 0 Å². The van der Waals surface area contributed by atoms with Crippen LogP contribution in [0, 0.1) is 0 Å². The monoisotopic (exact) mass is 281 g/mol. The number of hydrogen-bond donors (Lipinski definition) is 6. The van der Waals surface area contributed by atoms with Crippen molar-refractivity contribution in [3.63, 3.8) is 0 Å². The summed E-state index contributed by atoms with van der Waals surface area (Å²) in [5.74, 6) is 0. The first-order chi connectivity index (χ1) is 8.99. The highest BCUT2D eigenvalue weighted by Gasteiger charge is 2.45. The second kappa shape index (κ2) is 8.08. The summed E-state index contributed by atoms with van der Waals surface area (Å²) >= 11 is 0. The Kier molecular flexibility index (Phi) is 7.11. The predicted molar refractivity (Wildman–Crippen MR) is 64.0 cm³/mol. The molecule has 1 unspecified atom stereocenters. The van der Waals surface area contributed by atoms with E-state index in [0.717, 1.165) is 0 Å². The van der Waals surface area contributed by atoms with Gasteiger partial charge >= 0.3 is 0 Å². The van der Waals surface area contributed by atoms with Gasteiger partial charge in [0.1, 0.15) is 30.6 Å². The molecule has 8 nitrogen and oxygen atoms in total. The molecule has 0 aliphatic carbocycles. The average molecular weight is 281 g/mol. The van der Waals surface area contributed by atoms with Crippen molar-refractivity contribution in [3.8, 4) is 0 Å². The van der Waals surface area contributed by atoms with E-state index in [2.05, 4.69) is 5.32 Å². The lowest BCUT2D eigenvalue weighted by Crippen LogP contribution is -2.62. The highest BCUT2D eigenvalue weighted by molar-refractivity contribution is 4.91. The van der Waals surface area contributed by atoms with Gasteiger partial charge in [-0.15, -0.1) is 0 Å². The Morgan fingerprint density at radius 1 is 1.16 bits per heavy atom. The second-order valence-corrected chi connectivity index (χ2v) is 4.41. The van der Waals surface area contributed by atoms with Crippen molar-refractivity contribution in [2.45, 2.75) is 50.3 Å². The highest BCUT2D eigenvalue weighted by atomic mass is 16.6. The van der Waals surface area contributed by atoms with E-state index >= 15 is 0 Å². The van der Waals surface area contributed by atoms with E-state index in [1.165, 1.54) is 0 Å². The van der Waals surface area contributed by atoms with Crippen LogP contribution < -0.4 is 5.32 Å². The Labute approximate surface area is 111 Å². The number of rotatable bonds is 7. The predicted octanol–water partition coefficient (Wildman–Crippen LogP) is -2.88. The molecule has 0 aromatic heterocycles. The fraction of sp³-hybridized carbons (Fsp3) is 1.00. The first-order valence-electron chi connectivity index (χ1n) is 6.36. The molecule has 0 radical (unpaired) electrons. The maximum Gasteiger partial charge on any atom is 0.184 e. The Morgan fingerprint density at radius 2 is 1.84 bits per heavy atom. The first-order valence-corrected chi connectivity index (χ1v) is 6.36. The Hall–Kier alpha value is -0.320. The van der Waals surface area contributed by atoms with Gasteiger partial charge in [0.15, 0.2) is 6.29 Å². The molecule has 6 N–H and O–H groups in total. The van der Waals surface area contributed by atoms with Gasteiger partial charge in [-0.25, -0.2) is 0 Å². The molecule has 0 aromatic rings. The number of nitrogens with one attached hydrogen (secondary N) is 1. The molecule has 1 fully saturated rings. The van der Waals surface area contributed by atoms with Crippen molar-refractivity contribution >= 4 is 0 Å². The summed E-state index contributed by atoms with van der Waals surface area (Å²) in [5, 5.41) is 50.2. The molecule has 1 aliphatic heterocycles. The van der Waals surface area contributed by atoms with Crippen LogP contribution in [0.15, 0.2) is 0 Å². The third-order valence-corrected chi connectivity index (χ3v) is 2.96. The van der Waals surface area contributed by atoms with E-state index in [0.29, 0.717) is 26.2 Å². The van der Waals surface area contributed by atoms with E-state index < -0.39 is 36.9 Å². The summed E-state index contributed by atoms with van der Waals surface area (Å²) in [4.78, 5) is 0. The Morgan fingerprint density at radius 3 is 2.47 bits per heavy atom. The minimum atomic E-state index is -1.65. The van der Waals surface area contributed by atoms with E-state index in [1.807, 2.05) is 6.92 Å². The number of ether oxygens (including phenoxy) is 2. The molecule has 1 rings (SSSR count). The summed E-state index contributed by atoms with van der Waals surface area (Å²) < 4.78 is 9.99. The Balaban J connectivity index is 2.36. The quantitative estimate of drug-likeness (QED) is 0.217. The van der Waals surface area contributed by atoms with Crippen LogP contribution in [0.1, 0.15) is 13.3 Å². The lowest BCUT2D eigenvalue weighted by molar-refractivity contribution is -0.299. The molecule has 0 saturated carbocycles. The van der Waals surface area contributed by atoms with Gasteiger partial charge < -0.3 is 35.0 Å². The summed E-state index contributed by atoms with van der Waals surface area (Å²) in [6.45, 7) is 3.45. The van der Waals surface area contributed by atoms with E-state index in [1.54, 1.807) is 0 Å². The zero-order chi connectivity index (χ0) is 14.4. The lowest BCUT2D eigenvalue weighted by Gasteiger charge is -2.40. The molecule has 1 saturated heterocycles. The molecule has 1 heterocycles. The van der Waals surface area contributed by atoms with Crippen molar-refractivity contribution in [2.75, 3.05) is 19.8 Å². The van der Waals surface area contributed by atoms with E-state index in [9.17, 15) is 25.5 Å². The molecular weight excluding hydrogens is 258 g/mol. The van der Waals surface area contributed by atoms with E-state index in [4.69, 9.17) is 9.47 Å². The van der Waals surface area contributed by atoms with Gasteiger partial charge in [0.25, 0.3) is 0 Å². The molecular formula is C11H23NO7. The summed E-state index contributed by atoms with van der Waals surface area (Å²) in [6, 6.07) is 0. The van der Waals surface area contributed by atoms with Crippen molar-refractivity contribution in [2.24, 2.45) is 0 Å². The van der Waals surface area contributed by atoms with Crippen molar-refractivity contribution in [1.82, 2.24) is 5.32 Å². The fourth-order valence-corrected chi connectivity index (χ4v) is 1.83. The fourth-order valence-electron chi connectivity index (χ4n) is 1.83. The van der Waals surface area contributed by atoms with Crippen LogP contribution in [0.25, 0.3) is 0 Å². The largest absolute Gasteiger partial charge is 0.387 e. The maximum absolute atomic E-state index is 9.78.